The van der Waals surface area contributed by atoms with Crippen molar-refractivity contribution in [1.29, 1.82) is 0 Å². The summed E-state index contributed by atoms with van der Waals surface area (Å²) >= 11 is 0. The van der Waals surface area contributed by atoms with Crippen LogP contribution in [0.1, 0.15) is 13.3 Å². The summed E-state index contributed by atoms with van der Waals surface area (Å²) < 4.78 is 0. The average molecular weight is 181 g/mol. The summed E-state index contributed by atoms with van der Waals surface area (Å²) in [6, 6.07) is -0.347. The van der Waals surface area contributed by atoms with Crippen molar-refractivity contribution in [1.82, 2.24) is 4.90 Å². The minimum Gasteiger partial charge on any atom is -0.481 e. The molecule has 0 bridgehead atoms. The Balaban J connectivity index is 2.70. The molecule has 1 rings (SSSR count). The minimum atomic E-state index is -0.906. The van der Waals surface area contributed by atoms with Gasteiger partial charge < -0.3 is 10.0 Å². The van der Waals surface area contributed by atoms with Gasteiger partial charge >= 0.3 is 5.97 Å². The third-order valence-corrected chi connectivity index (χ3v) is 1.80. The van der Waals surface area contributed by atoms with Gasteiger partial charge in [0.1, 0.15) is 0 Å². The normalized spacial score (nSPS) is 20.4. The zero-order chi connectivity index (χ0) is 9.84. The zero-order valence-electron chi connectivity index (χ0n) is 7.30. The molecule has 0 aromatic carbocycles. The summed E-state index contributed by atoms with van der Waals surface area (Å²) in [5.74, 6) is -1.05. The number of nitrogens with zero attached hydrogens (tertiary/aromatic N) is 1. The summed E-state index contributed by atoms with van der Waals surface area (Å²) in [5, 5.41) is 8.57. The second-order valence-corrected chi connectivity index (χ2v) is 2.82. The highest BCUT2D eigenvalue weighted by atomic mass is 16.4. The molecule has 1 N–H and O–H groups in total. The van der Waals surface area contributed by atoms with E-state index in [1.165, 1.54) is 11.8 Å². The molecule has 1 heterocycles. The van der Waals surface area contributed by atoms with Crippen LogP contribution in [0.25, 0.3) is 0 Å². The van der Waals surface area contributed by atoms with E-state index in [4.69, 9.17) is 5.11 Å². The second-order valence-electron chi connectivity index (χ2n) is 2.82. The Hall–Kier alpha value is -1.58. The van der Waals surface area contributed by atoms with Gasteiger partial charge in [-0.1, -0.05) is 12.2 Å². The van der Waals surface area contributed by atoms with Crippen molar-refractivity contribution in [2.24, 2.45) is 0 Å². The number of hydrogen-bond donors (Lipinski definition) is 1. The molecule has 0 saturated heterocycles. The van der Waals surface area contributed by atoms with Crippen LogP contribution in [0.2, 0.25) is 0 Å². The molecule has 0 radical (unpaired) electrons. The molecule has 1 aliphatic rings. The second kappa shape index (κ2) is 3.89. The number of allylic oxidation sites excluding steroid dienone is 2. The first-order chi connectivity index (χ1) is 6.11. The Morgan fingerprint density at radius 2 is 2.15 bits per heavy atom. The Kier molecular flexibility index (Phi) is 2.84. The molecule has 0 aromatic heterocycles. The number of rotatable bonds is 2. The summed E-state index contributed by atoms with van der Waals surface area (Å²) in [6.07, 6.45) is 6.69. The molecule has 0 aliphatic carbocycles. The summed E-state index contributed by atoms with van der Waals surface area (Å²) in [4.78, 5) is 22.9. The summed E-state index contributed by atoms with van der Waals surface area (Å²) in [5.41, 5.74) is 0. The molecule has 70 valence electrons. The Labute approximate surface area is 76.2 Å². The van der Waals surface area contributed by atoms with Crippen LogP contribution in [0.3, 0.4) is 0 Å². The predicted octanol–water partition coefficient (Wildman–Crippen LogP) is 0.762. The van der Waals surface area contributed by atoms with Gasteiger partial charge in [0.05, 0.1) is 12.5 Å². The molecule has 1 amide bonds. The van der Waals surface area contributed by atoms with Crippen molar-refractivity contribution in [3.05, 3.63) is 24.4 Å². The summed E-state index contributed by atoms with van der Waals surface area (Å²) in [6.45, 7) is 1.42. The molecule has 0 spiro atoms. The lowest BCUT2D eigenvalue weighted by atomic mass is 10.1. The van der Waals surface area contributed by atoms with Crippen LogP contribution in [0.4, 0.5) is 0 Å². The molecule has 1 unspecified atom stereocenters. The summed E-state index contributed by atoms with van der Waals surface area (Å²) in [7, 11) is 0. The fourth-order valence-electron chi connectivity index (χ4n) is 1.22. The Morgan fingerprint density at radius 3 is 2.69 bits per heavy atom. The topological polar surface area (TPSA) is 57.6 Å². The van der Waals surface area contributed by atoms with E-state index in [-0.39, 0.29) is 18.4 Å². The van der Waals surface area contributed by atoms with Gasteiger partial charge in [-0.25, -0.2) is 0 Å². The first-order valence-corrected chi connectivity index (χ1v) is 3.97. The molecule has 0 saturated carbocycles. The van der Waals surface area contributed by atoms with Gasteiger partial charge in [0.2, 0.25) is 5.91 Å². The maximum atomic E-state index is 11.0. The molecular formula is C9H11NO3. The smallest absolute Gasteiger partial charge is 0.305 e. The lowest BCUT2D eigenvalue weighted by Crippen LogP contribution is -2.35. The van der Waals surface area contributed by atoms with Crippen LogP contribution in [0.15, 0.2) is 24.4 Å². The molecule has 1 aliphatic heterocycles. The lowest BCUT2D eigenvalue weighted by molar-refractivity contribution is -0.138. The molecule has 0 aromatic rings. The third-order valence-electron chi connectivity index (χ3n) is 1.80. The highest BCUT2D eigenvalue weighted by Gasteiger charge is 2.20. The van der Waals surface area contributed by atoms with E-state index >= 15 is 0 Å². The number of amides is 1. The highest BCUT2D eigenvalue weighted by Crippen LogP contribution is 2.11. The van der Waals surface area contributed by atoms with Crippen LogP contribution < -0.4 is 0 Å². The van der Waals surface area contributed by atoms with Crippen LogP contribution >= 0.6 is 0 Å². The third kappa shape index (κ3) is 2.43. The standard InChI is InChI=1S/C9H11NO3/c1-7(11)10-5-3-2-4-8(10)6-9(12)13/h2-5,8H,6H2,1H3,(H,12,13). The van der Waals surface area contributed by atoms with E-state index in [0.29, 0.717) is 0 Å². The monoisotopic (exact) mass is 181 g/mol. The van der Waals surface area contributed by atoms with Crippen molar-refractivity contribution in [2.75, 3.05) is 0 Å². The van der Waals surface area contributed by atoms with Crippen LogP contribution in [-0.4, -0.2) is 27.9 Å². The van der Waals surface area contributed by atoms with Crippen molar-refractivity contribution < 1.29 is 14.7 Å². The fourth-order valence-corrected chi connectivity index (χ4v) is 1.22. The zero-order valence-corrected chi connectivity index (χ0v) is 7.30. The average Bonchev–Trinajstić information content (AvgIpc) is 2.03. The largest absolute Gasteiger partial charge is 0.481 e. The van der Waals surface area contributed by atoms with Gasteiger partial charge in [-0.15, -0.1) is 0 Å². The number of carboxylic acid groups (broad SMARTS) is 1. The first kappa shape index (κ1) is 9.51. The Morgan fingerprint density at radius 1 is 1.46 bits per heavy atom. The van der Waals surface area contributed by atoms with Crippen molar-refractivity contribution in [2.45, 2.75) is 19.4 Å². The minimum absolute atomic E-state index is 0.0551. The van der Waals surface area contributed by atoms with E-state index in [9.17, 15) is 9.59 Å². The SMILES string of the molecule is CC(=O)N1C=CC=CC1CC(=O)O. The fraction of sp³-hybridized carbons (Fsp3) is 0.333. The van der Waals surface area contributed by atoms with Crippen molar-refractivity contribution >= 4 is 11.9 Å². The van der Waals surface area contributed by atoms with E-state index in [1.54, 1.807) is 24.4 Å². The van der Waals surface area contributed by atoms with E-state index in [1.807, 2.05) is 0 Å². The number of carbonyl (C=O) groups excluding carboxylic acids is 1. The molecular weight excluding hydrogens is 170 g/mol. The van der Waals surface area contributed by atoms with Gasteiger partial charge in [0, 0.05) is 13.1 Å². The lowest BCUT2D eigenvalue weighted by Gasteiger charge is -2.25. The van der Waals surface area contributed by atoms with Gasteiger partial charge in [-0.2, -0.15) is 0 Å². The number of carboxylic acids is 1. The first-order valence-electron chi connectivity index (χ1n) is 3.97. The van der Waals surface area contributed by atoms with Crippen LogP contribution in [0.5, 0.6) is 0 Å². The van der Waals surface area contributed by atoms with Gasteiger partial charge in [0.15, 0.2) is 0 Å². The molecule has 13 heavy (non-hydrogen) atoms. The van der Waals surface area contributed by atoms with Crippen LogP contribution in [-0.2, 0) is 9.59 Å². The molecule has 4 heteroatoms. The van der Waals surface area contributed by atoms with Crippen molar-refractivity contribution in [3.8, 4) is 0 Å². The molecule has 1 atom stereocenters. The predicted molar refractivity (Wildman–Crippen MR) is 46.8 cm³/mol. The van der Waals surface area contributed by atoms with Gasteiger partial charge in [0.25, 0.3) is 0 Å². The van der Waals surface area contributed by atoms with Crippen LogP contribution in [0, 0.1) is 0 Å². The van der Waals surface area contributed by atoms with E-state index < -0.39 is 5.97 Å². The number of carbonyl (C=O) groups is 2. The highest BCUT2D eigenvalue weighted by molar-refractivity contribution is 5.77. The van der Waals surface area contributed by atoms with Crippen molar-refractivity contribution in [3.63, 3.8) is 0 Å². The number of hydrogen-bond acceptors (Lipinski definition) is 2. The molecule has 4 nitrogen and oxygen atoms in total. The maximum Gasteiger partial charge on any atom is 0.305 e. The maximum absolute atomic E-state index is 11.0. The van der Waals surface area contributed by atoms with Gasteiger partial charge in [-0.05, 0) is 6.08 Å². The molecule has 0 fully saturated rings. The number of aliphatic carboxylic acids is 1. The van der Waals surface area contributed by atoms with E-state index in [2.05, 4.69) is 0 Å². The van der Waals surface area contributed by atoms with E-state index in [0.717, 1.165) is 0 Å². The van der Waals surface area contributed by atoms with Gasteiger partial charge in [-0.3, -0.25) is 9.59 Å². The quantitative estimate of drug-likeness (QED) is 0.684. The Bertz CT molecular complexity index is 281.